The van der Waals surface area contributed by atoms with E-state index in [9.17, 15) is 13.2 Å². The van der Waals surface area contributed by atoms with Crippen molar-refractivity contribution < 1.29 is 13.2 Å². The van der Waals surface area contributed by atoms with Crippen LogP contribution in [0, 0.1) is 6.92 Å². The molecule has 0 bridgehead atoms. The molecule has 2 aromatic rings. The number of likely N-dealkylation sites (N-methyl/N-ethyl adjacent to an activating group) is 1. The smallest absolute Gasteiger partial charge is 0.318 e. The molecule has 27 heavy (non-hydrogen) atoms. The molecule has 0 aromatic carbocycles. The van der Waals surface area contributed by atoms with E-state index in [1.54, 1.807) is 29.9 Å². The minimum absolute atomic E-state index is 0.0939. The molecule has 0 fully saturated rings. The molecule has 2 aromatic heterocycles. The lowest BCUT2D eigenvalue weighted by atomic mass is 10.1. The van der Waals surface area contributed by atoms with E-state index < -0.39 is 16.1 Å². The van der Waals surface area contributed by atoms with E-state index in [0.29, 0.717) is 17.8 Å². The Morgan fingerprint density at radius 1 is 1.37 bits per heavy atom. The van der Waals surface area contributed by atoms with E-state index in [1.165, 1.54) is 19.3 Å². The van der Waals surface area contributed by atoms with Crippen molar-refractivity contribution in [3.63, 3.8) is 0 Å². The third kappa shape index (κ3) is 3.71. The molecule has 142 valence electrons. The first-order valence-electron chi connectivity index (χ1n) is 7.99. The van der Waals surface area contributed by atoms with Crippen molar-refractivity contribution in [2.24, 2.45) is 4.40 Å². The number of anilines is 1. The highest BCUT2D eigenvalue weighted by molar-refractivity contribution is 7.88. The van der Waals surface area contributed by atoms with Crippen LogP contribution in [0.1, 0.15) is 18.2 Å². The number of halogens is 1. The summed E-state index contributed by atoms with van der Waals surface area (Å²) in [6.07, 6.45) is 4.58. The second kappa shape index (κ2) is 7.12. The van der Waals surface area contributed by atoms with Gasteiger partial charge in [-0.3, -0.25) is 9.48 Å². The zero-order valence-corrected chi connectivity index (χ0v) is 16.4. The van der Waals surface area contributed by atoms with Crippen molar-refractivity contribution in [3.05, 3.63) is 52.7 Å². The van der Waals surface area contributed by atoms with Gasteiger partial charge in [0.1, 0.15) is 5.70 Å². The van der Waals surface area contributed by atoms with Crippen LogP contribution in [0.4, 0.5) is 5.69 Å². The Labute approximate surface area is 161 Å². The number of nitrogens with zero attached hydrogens (tertiary/aromatic N) is 5. The van der Waals surface area contributed by atoms with E-state index in [1.807, 2.05) is 6.92 Å². The van der Waals surface area contributed by atoms with Gasteiger partial charge in [0, 0.05) is 31.5 Å². The number of rotatable bonds is 4. The molecular formula is C16H17ClN6O3S. The molecule has 1 amide bonds. The quantitative estimate of drug-likeness (QED) is 0.775. The predicted octanol–water partition coefficient (Wildman–Crippen LogP) is 1.76. The monoisotopic (exact) mass is 408 g/mol. The largest absolute Gasteiger partial charge is 0.345 e. The van der Waals surface area contributed by atoms with E-state index in [0.717, 1.165) is 4.31 Å². The number of amides is 1. The Morgan fingerprint density at radius 3 is 2.74 bits per heavy atom. The van der Waals surface area contributed by atoms with Crippen LogP contribution >= 0.6 is 11.6 Å². The highest BCUT2D eigenvalue weighted by atomic mass is 35.5. The van der Waals surface area contributed by atoms with Crippen LogP contribution in [-0.4, -0.2) is 46.2 Å². The fourth-order valence-corrected chi connectivity index (χ4v) is 3.56. The molecule has 0 spiro atoms. The normalized spacial score (nSPS) is 15.9. The minimum atomic E-state index is -4.06. The number of carbonyl (C=O) groups is 1. The van der Waals surface area contributed by atoms with Gasteiger partial charge in [-0.1, -0.05) is 11.6 Å². The van der Waals surface area contributed by atoms with Crippen molar-refractivity contribution in [2.45, 2.75) is 20.4 Å². The summed E-state index contributed by atoms with van der Waals surface area (Å²) in [5.74, 6) is -0.649. The van der Waals surface area contributed by atoms with Gasteiger partial charge in [0.05, 0.1) is 17.1 Å². The number of nitrogens with one attached hydrogen (secondary N) is 1. The SMILES string of the molecule is CCn1cc(C2=NS(=O)(=O)N(C)C(C(=O)Nc3cccnc3Cl)=C2)c(C)n1. The summed E-state index contributed by atoms with van der Waals surface area (Å²) < 4.78 is 31.2. The maximum absolute atomic E-state index is 12.7. The molecule has 0 unspecified atom stereocenters. The molecule has 0 atom stereocenters. The summed E-state index contributed by atoms with van der Waals surface area (Å²) in [6.45, 7) is 4.28. The lowest BCUT2D eigenvalue weighted by Gasteiger charge is -2.23. The zero-order valence-electron chi connectivity index (χ0n) is 14.8. The van der Waals surface area contributed by atoms with Gasteiger partial charge in [0.2, 0.25) is 0 Å². The van der Waals surface area contributed by atoms with Crippen molar-refractivity contribution in [2.75, 3.05) is 12.4 Å². The Morgan fingerprint density at radius 2 is 2.11 bits per heavy atom. The van der Waals surface area contributed by atoms with E-state index in [-0.39, 0.29) is 22.2 Å². The van der Waals surface area contributed by atoms with E-state index in [2.05, 4.69) is 19.8 Å². The molecule has 3 rings (SSSR count). The topological polar surface area (TPSA) is 110 Å². The molecule has 1 aliphatic rings. The van der Waals surface area contributed by atoms with Gasteiger partial charge in [0.25, 0.3) is 5.91 Å². The summed E-state index contributed by atoms with van der Waals surface area (Å²) in [5.41, 5.74) is 1.48. The lowest BCUT2D eigenvalue weighted by Crippen LogP contribution is -2.35. The Balaban J connectivity index is 2.01. The van der Waals surface area contributed by atoms with E-state index in [4.69, 9.17) is 11.6 Å². The first-order chi connectivity index (χ1) is 12.7. The molecule has 0 aliphatic carbocycles. The summed E-state index contributed by atoms with van der Waals surface area (Å²) in [7, 11) is -2.80. The Bertz CT molecular complexity index is 1070. The van der Waals surface area contributed by atoms with Crippen LogP contribution in [0.3, 0.4) is 0 Å². The van der Waals surface area contributed by atoms with Crippen LogP contribution in [0.5, 0.6) is 0 Å². The molecule has 11 heteroatoms. The Hall–Kier alpha value is -2.72. The van der Waals surface area contributed by atoms with Gasteiger partial charge in [0.15, 0.2) is 5.15 Å². The van der Waals surface area contributed by atoms with Gasteiger partial charge in [-0.15, -0.1) is 4.40 Å². The number of carbonyl (C=O) groups excluding carboxylic acids is 1. The maximum atomic E-state index is 12.7. The van der Waals surface area contributed by atoms with Crippen LogP contribution < -0.4 is 5.32 Å². The van der Waals surface area contributed by atoms with Gasteiger partial charge in [-0.05, 0) is 32.1 Å². The highest BCUT2D eigenvalue weighted by Crippen LogP contribution is 2.23. The number of hydrogen-bond donors (Lipinski definition) is 1. The van der Waals surface area contributed by atoms with Crippen LogP contribution in [-0.2, 0) is 21.5 Å². The maximum Gasteiger partial charge on any atom is 0.345 e. The first kappa shape index (κ1) is 19.1. The number of hydrogen-bond acceptors (Lipinski definition) is 5. The van der Waals surface area contributed by atoms with E-state index >= 15 is 0 Å². The average molecular weight is 409 g/mol. The van der Waals surface area contributed by atoms with Crippen molar-refractivity contribution in [1.29, 1.82) is 0 Å². The van der Waals surface area contributed by atoms with Crippen molar-refractivity contribution >= 4 is 39.1 Å². The number of aryl methyl sites for hydroxylation is 2. The van der Waals surface area contributed by atoms with Crippen molar-refractivity contribution in [1.82, 2.24) is 19.1 Å². The van der Waals surface area contributed by atoms with Crippen molar-refractivity contribution in [3.8, 4) is 0 Å². The Kier molecular flexibility index (Phi) is 5.03. The zero-order chi connectivity index (χ0) is 19.8. The molecule has 0 radical (unpaired) electrons. The molecule has 1 N–H and O–H groups in total. The molecule has 1 aliphatic heterocycles. The molecule has 9 nitrogen and oxygen atoms in total. The van der Waals surface area contributed by atoms with Gasteiger partial charge < -0.3 is 5.32 Å². The number of aromatic nitrogens is 3. The third-order valence-corrected chi connectivity index (χ3v) is 5.58. The fraction of sp³-hybridized carbons (Fsp3) is 0.250. The van der Waals surface area contributed by atoms with Crippen LogP contribution in [0.15, 0.2) is 40.7 Å². The highest BCUT2D eigenvalue weighted by Gasteiger charge is 2.31. The second-order valence-corrected chi connectivity index (χ2v) is 7.72. The molecule has 0 saturated heterocycles. The van der Waals surface area contributed by atoms with Gasteiger partial charge in [-0.25, -0.2) is 9.29 Å². The molecular weight excluding hydrogens is 392 g/mol. The standard InChI is InChI=1S/C16H17ClN6O3S/c1-4-23-9-11(10(2)20-23)13-8-14(22(3)27(25,26)21-13)16(24)19-12-6-5-7-18-15(12)17/h5-9H,4H2,1-3H3,(H,19,24). The molecule has 0 saturated carbocycles. The summed E-state index contributed by atoms with van der Waals surface area (Å²) in [4.78, 5) is 16.6. The third-order valence-electron chi connectivity index (χ3n) is 3.96. The molecule has 3 heterocycles. The number of allylic oxidation sites excluding steroid dienone is 1. The van der Waals surface area contributed by atoms with Crippen LogP contribution in [0.2, 0.25) is 5.15 Å². The minimum Gasteiger partial charge on any atom is -0.318 e. The summed E-state index contributed by atoms with van der Waals surface area (Å²) in [5, 5.41) is 6.96. The fourth-order valence-electron chi connectivity index (χ4n) is 2.49. The average Bonchev–Trinajstić information content (AvgIpc) is 3.00. The number of pyridine rings is 1. The van der Waals surface area contributed by atoms with Gasteiger partial charge in [-0.2, -0.15) is 13.5 Å². The summed E-state index contributed by atoms with van der Waals surface area (Å²) >= 11 is 5.95. The van der Waals surface area contributed by atoms with Gasteiger partial charge >= 0.3 is 10.2 Å². The first-order valence-corrected chi connectivity index (χ1v) is 9.77. The second-order valence-electron chi connectivity index (χ2n) is 5.73. The predicted molar refractivity (Wildman–Crippen MR) is 102 cm³/mol. The summed E-state index contributed by atoms with van der Waals surface area (Å²) in [6, 6.07) is 3.17. The lowest BCUT2D eigenvalue weighted by molar-refractivity contribution is -0.113. The van der Waals surface area contributed by atoms with Crippen LogP contribution in [0.25, 0.3) is 0 Å².